The highest BCUT2D eigenvalue weighted by Crippen LogP contribution is 2.27. The Hall–Kier alpha value is -3.50. The highest BCUT2D eigenvalue weighted by molar-refractivity contribution is 6.27. The van der Waals surface area contributed by atoms with Crippen molar-refractivity contribution < 1.29 is 29.5 Å². The van der Waals surface area contributed by atoms with E-state index in [4.69, 9.17) is 24.5 Å². The summed E-state index contributed by atoms with van der Waals surface area (Å²) < 4.78 is 5.69. The number of carboxylic acids is 2. The van der Waals surface area contributed by atoms with E-state index in [-0.39, 0.29) is 10.6 Å². The molecule has 2 N–H and O–H groups in total. The zero-order valence-corrected chi connectivity index (χ0v) is 18.6. The van der Waals surface area contributed by atoms with E-state index >= 15 is 0 Å². The van der Waals surface area contributed by atoms with Gasteiger partial charge in [0.25, 0.3) is 0 Å². The van der Waals surface area contributed by atoms with Crippen molar-refractivity contribution in [3.63, 3.8) is 0 Å². The summed E-state index contributed by atoms with van der Waals surface area (Å²) in [6.07, 6.45) is 0.865. The van der Waals surface area contributed by atoms with Crippen LogP contribution in [0.5, 0.6) is 5.75 Å². The standard InChI is InChI=1S/C21H27N3O3.C2H2O4/c1-18-8-9-20(24(25)26)21(16-18)27-15-5-10-22-11-13-23(14-12-22)17-19-6-3-2-4-7-19;3-1(4)2(5)6/h2-4,6-9,16H,5,10-15,17H2,1H3;(H,3,4)(H,5,6). The summed E-state index contributed by atoms with van der Waals surface area (Å²) >= 11 is 0. The van der Waals surface area contributed by atoms with Crippen LogP contribution in [0.1, 0.15) is 17.5 Å². The number of carboxylic acid groups (broad SMARTS) is 2. The summed E-state index contributed by atoms with van der Waals surface area (Å²) in [6, 6.07) is 15.6. The first-order valence-corrected chi connectivity index (χ1v) is 10.6. The summed E-state index contributed by atoms with van der Waals surface area (Å²) in [4.78, 5) is 33.8. The number of hydrogen-bond acceptors (Lipinski definition) is 7. The van der Waals surface area contributed by atoms with Gasteiger partial charge in [-0.3, -0.25) is 15.0 Å². The van der Waals surface area contributed by atoms with Crippen molar-refractivity contribution in [1.29, 1.82) is 0 Å². The molecule has 1 saturated heterocycles. The van der Waals surface area contributed by atoms with Gasteiger partial charge >= 0.3 is 17.6 Å². The van der Waals surface area contributed by atoms with Gasteiger partial charge in [-0.05, 0) is 30.5 Å². The predicted octanol–water partition coefficient (Wildman–Crippen LogP) is 2.65. The summed E-state index contributed by atoms with van der Waals surface area (Å²) in [6.45, 7) is 8.61. The Labute approximate surface area is 192 Å². The van der Waals surface area contributed by atoms with E-state index in [0.717, 1.165) is 51.3 Å². The molecule has 0 spiro atoms. The van der Waals surface area contributed by atoms with E-state index in [1.807, 2.05) is 6.92 Å². The van der Waals surface area contributed by atoms with Gasteiger partial charge in [-0.2, -0.15) is 0 Å². The van der Waals surface area contributed by atoms with Crippen LogP contribution in [0.4, 0.5) is 5.69 Å². The van der Waals surface area contributed by atoms with Crippen LogP contribution >= 0.6 is 0 Å². The molecule has 0 bridgehead atoms. The van der Waals surface area contributed by atoms with Crippen molar-refractivity contribution in [1.82, 2.24) is 9.80 Å². The van der Waals surface area contributed by atoms with Gasteiger partial charge in [0.05, 0.1) is 11.5 Å². The minimum Gasteiger partial charge on any atom is -0.487 e. The molecule has 1 fully saturated rings. The molecule has 10 nitrogen and oxygen atoms in total. The lowest BCUT2D eigenvalue weighted by Crippen LogP contribution is -2.46. The normalized spacial score (nSPS) is 14.1. The van der Waals surface area contributed by atoms with Crippen LogP contribution in [0.25, 0.3) is 0 Å². The van der Waals surface area contributed by atoms with Gasteiger partial charge in [-0.25, -0.2) is 9.59 Å². The third-order valence-corrected chi connectivity index (χ3v) is 5.09. The summed E-state index contributed by atoms with van der Waals surface area (Å²) in [5, 5.41) is 25.9. The molecular formula is C23H29N3O7. The van der Waals surface area contributed by atoms with Gasteiger partial charge in [0.2, 0.25) is 0 Å². The van der Waals surface area contributed by atoms with Gasteiger partial charge < -0.3 is 19.8 Å². The van der Waals surface area contributed by atoms with Gasteiger partial charge in [0, 0.05) is 45.3 Å². The smallest absolute Gasteiger partial charge is 0.414 e. The van der Waals surface area contributed by atoms with Crippen molar-refractivity contribution in [2.24, 2.45) is 0 Å². The Kier molecular flexibility index (Phi) is 10.3. The highest BCUT2D eigenvalue weighted by Gasteiger charge is 2.17. The fourth-order valence-corrected chi connectivity index (χ4v) is 3.37. The van der Waals surface area contributed by atoms with Crippen molar-refractivity contribution in [2.45, 2.75) is 19.9 Å². The van der Waals surface area contributed by atoms with Gasteiger partial charge in [0.1, 0.15) is 0 Å². The average molecular weight is 459 g/mol. The second-order valence-corrected chi connectivity index (χ2v) is 7.64. The number of aliphatic carboxylic acids is 2. The average Bonchev–Trinajstić information content (AvgIpc) is 2.79. The molecule has 1 aliphatic heterocycles. The third-order valence-electron chi connectivity index (χ3n) is 5.09. The predicted molar refractivity (Wildman–Crippen MR) is 121 cm³/mol. The topological polar surface area (TPSA) is 133 Å². The second-order valence-electron chi connectivity index (χ2n) is 7.64. The molecule has 0 atom stereocenters. The minimum absolute atomic E-state index is 0.0372. The van der Waals surface area contributed by atoms with Crippen molar-refractivity contribution in [3.05, 3.63) is 69.8 Å². The largest absolute Gasteiger partial charge is 0.487 e. The van der Waals surface area contributed by atoms with E-state index in [0.29, 0.717) is 12.4 Å². The minimum atomic E-state index is -1.82. The zero-order chi connectivity index (χ0) is 24.2. The quantitative estimate of drug-likeness (QED) is 0.264. The van der Waals surface area contributed by atoms with Gasteiger partial charge in [0.15, 0.2) is 5.75 Å². The van der Waals surface area contributed by atoms with Crippen molar-refractivity contribution >= 4 is 17.6 Å². The molecule has 0 saturated carbocycles. The molecule has 2 aromatic carbocycles. The number of benzene rings is 2. The molecule has 33 heavy (non-hydrogen) atoms. The Balaban J connectivity index is 0.000000569. The fourth-order valence-electron chi connectivity index (χ4n) is 3.37. The number of ether oxygens (including phenoxy) is 1. The number of piperazine rings is 1. The molecule has 1 aliphatic rings. The SMILES string of the molecule is Cc1ccc([N+](=O)[O-])c(OCCCN2CCN(Cc3ccccc3)CC2)c1.O=C(O)C(=O)O. The molecular weight excluding hydrogens is 430 g/mol. The van der Waals surface area contributed by atoms with E-state index in [1.165, 1.54) is 11.6 Å². The van der Waals surface area contributed by atoms with Crippen molar-refractivity contribution in [2.75, 3.05) is 39.3 Å². The number of aryl methyl sites for hydroxylation is 1. The molecule has 178 valence electrons. The Morgan fingerprint density at radius 3 is 2.18 bits per heavy atom. The molecule has 0 aromatic heterocycles. The molecule has 0 amide bonds. The molecule has 0 unspecified atom stereocenters. The van der Waals surface area contributed by atoms with Crippen LogP contribution in [-0.4, -0.2) is 76.2 Å². The maximum absolute atomic E-state index is 11.1. The highest BCUT2D eigenvalue weighted by atomic mass is 16.6. The molecule has 2 aromatic rings. The number of nitrogens with zero attached hydrogens (tertiary/aromatic N) is 3. The number of nitro benzene ring substituents is 1. The van der Waals surface area contributed by atoms with Gasteiger partial charge in [-0.1, -0.05) is 36.4 Å². The first-order chi connectivity index (χ1) is 15.8. The monoisotopic (exact) mass is 459 g/mol. The van der Waals surface area contributed by atoms with E-state index in [2.05, 4.69) is 40.1 Å². The zero-order valence-electron chi connectivity index (χ0n) is 18.6. The fraction of sp³-hybridized carbons (Fsp3) is 0.391. The second kappa shape index (κ2) is 13.1. The third kappa shape index (κ3) is 9.26. The number of carbonyl (C=O) groups is 2. The van der Waals surface area contributed by atoms with Crippen LogP contribution < -0.4 is 4.74 Å². The van der Waals surface area contributed by atoms with E-state index < -0.39 is 11.9 Å². The Morgan fingerprint density at radius 2 is 1.61 bits per heavy atom. The first kappa shape index (κ1) is 25.8. The molecule has 10 heteroatoms. The first-order valence-electron chi connectivity index (χ1n) is 10.6. The van der Waals surface area contributed by atoms with Crippen molar-refractivity contribution in [3.8, 4) is 5.75 Å². The lowest BCUT2D eigenvalue weighted by Gasteiger charge is -2.34. The molecule has 1 heterocycles. The number of rotatable bonds is 8. The number of hydrogen-bond donors (Lipinski definition) is 2. The Bertz CT molecular complexity index is 917. The van der Waals surface area contributed by atoms with Crippen LogP contribution in [0.15, 0.2) is 48.5 Å². The molecule has 0 aliphatic carbocycles. The summed E-state index contributed by atoms with van der Waals surface area (Å²) in [7, 11) is 0. The van der Waals surface area contributed by atoms with Crippen LogP contribution in [0, 0.1) is 17.0 Å². The molecule has 0 radical (unpaired) electrons. The lowest BCUT2D eigenvalue weighted by molar-refractivity contribution is -0.385. The van der Waals surface area contributed by atoms with E-state index in [9.17, 15) is 10.1 Å². The number of nitro groups is 1. The lowest BCUT2D eigenvalue weighted by atomic mass is 10.2. The summed E-state index contributed by atoms with van der Waals surface area (Å²) in [5.41, 5.74) is 2.36. The van der Waals surface area contributed by atoms with Gasteiger partial charge in [-0.15, -0.1) is 0 Å². The van der Waals surface area contributed by atoms with Crippen LogP contribution in [0.2, 0.25) is 0 Å². The van der Waals surface area contributed by atoms with Crippen LogP contribution in [0.3, 0.4) is 0 Å². The summed E-state index contributed by atoms with van der Waals surface area (Å²) in [5.74, 6) is -3.28. The van der Waals surface area contributed by atoms with E-state index in [1.54, 1.807) is 12.1 Å². The molecule has 3 rings (SSSR count). The maximum atomic E-state index is 11.1. The van der Waals surface area contributed by atoms with Crippen LogP contribution in [-0.2, 0) is 16.1 Å². The maximum Gasteiger partial charge on any atom is 0.414 e. The Morgan fingerprint density at radius 1 is 1.00 bits per heavy atom.